The van der Waals surface area contributed by atoms with Crippen LogP contribution in [0.1, 0.15) is 19.8 Å². The third-order valence-electron chi connectivity index (χ3n) is 5.08. The van der Waals surface area contributed by atoms with Crippen LogP contribution >= 0.6 is 0 Å². The SMILES string of the molecule is CC(=O)Nc1ccccc1OCC(O)CN1CCCC(COc2ccc(F)c(F)c2)C1. The predicted molar refractivity (Wildman–Crippen MR) is 113 cm³/mol. The number of aliphatic hydroxyl groups is 1. The smallest absolute Gasteiger partial charge is 0.221 e. The summed E-state index contributed by atoms with van der Waals surface area (Å²) in [5.74, 6) is -0.967. The molecule has 1 aliphatic heterocycles. The first kappa shape index (κ1) is 23.0. The van der Waals surface area contributed by atoms with E-state index in [9.17, 15) is 18.7 Å². The number of β-amino-alcohol motifs (C(OH)–C–C–N with tert-alkyl or cyclic N) is 1. The number of hydrogen-bond acceptors (Lipinski definition) is 5. The van der Waals surface area contributed by atoms with Crippen molar-refractivity contribution >= 4 is 11.6 Å². The zero-order valence-electron chi connectivity index (χ0n) is 17.5. The molecule has 1 heterocycles. The van der Waals surface area contributed by atoms with Gasteiger partial charge in [0.05, 0.1) is 12.3 Å². The Bertz CT molecular complexity index is 880. The molecule has 0 radical (unpaired) electrons. The third-order valence-corrected chi connectivity index (χ3v) is 5.08. The zero-order chi connectivity index (χ0) is 22.2. The minimum Gasteiger partial charge on any atom is -0.493 e. The van der Waals surface area contributed by atoms with Gasteiger partial charge in [-0.1, -0.05) is 12.1 Å². The molecule has 168 valence electrons. The molecule has 0 bridgehead atoms. The van der Waals surface area contributed by atoms with Crippen LogP contribution in [0.2, 0.25) is 0 Å². The van der Waals surface area contributed by atoms with E-state index < -0.39 is 17.7 Å². The van der Waals surface area contributed by atoms with Gasteiger partial charge < -0.3 is 24.8 Å². The molecular formula is C23H28F2N2O4. The minimum absolute atomic E-state index is 0.100. The number of aliphatic hydroxyl groups excluding tert-OH is 1. The highest BCUT2D eigenvalue weighted by atomic mass is 19.2. The van der Waals surface area contributed by atoms with Crippen molar-refractivity contribution in [3.63, 3.8) is 0 Å². The van der Waals surface area contributed by atoms with Crippen LogP contribution in [-0.4, -0.2) is 54.9 Å². The van der Waals surface area contributed by atoms with Crippen molar-refractivity contribution in [1.82, 2.24) is 4.90 Å². The molecular weight excluding hydrogens is 406 g/mol. The number of amides is 1. The fourth-order valence-electron chi connectivity index (χ4n) is 3.66. The maximum Gasteiger partial charge on any atom is 0.221 e. The van der Waals surface area contributed by atoms with Gasteiger partial charge in [-0.05, 0) is 43.7 Å². The highest BCUT2D eigenvalue weighted by molar-refractivity contribution is 5.90. The van der Waals surface area contributed by atoms with E-state index in [0.29, 0.717) is 30.3 Å². The number of nitrogens with zero attached hydrogens (tertiary/aromatic N) is 1. The molecule has 0 saturated carbocycles. The summed E-state index contributed by atoms with van der Waals surface area (Å²) in [4.78, 5) is 13.5. The number of ether oxygens (including phenoxy) is 2. The van der Waals surface area contributed by atoms with E-state index in [2.05, 4.69) is 10.2 Å². The standard InChI is InChI=1S/C23H28F2N2O4/c1-16(28)26-22-6-2-3-7-23(22)31-15-18(29)13-27-10-4-5-17(12-27)14-30-19-8-9-20(24)21(25)11-19/h2-3,6-9,11,17-18,29H,4-5,10,12-15H2,1H3,(H,26,28). The Morgan fingerprint density at radius 3 is 2.81 bits per heavy atom. The van der Waals surface area contributed by atoms with Crippen LogP contribution in [0.25, 0.3) is 0 Å². The number of para-hydroxylation sites is 2. The molecule has 31 heavy (non-hydrogen) atoms. The second kappa shape index (κ2) is 11.1. The third kappa shape index (κ3) is 7.18. The van der Waals surface area contributed by atoms with E-state index in [1.165, 1.54) is 13.0 Å². The van der Waals surface area contributed by atoms with E-state index >= 15 is 0 Å². The molecule has 1 saturated heterocycles. The molecule has 2 atom stereocenters. The minimum atomic E-state index is -0.925. The number of rotatable bonds is 9. The van der Waals surface area contributed by atoms with Gasteiger partial charge in [-0.15, -0.1) is 0 Å². The maximum absolute atomic E-state index is 13.3. The summed E-state index contributed by atoms with van der Waals surface area (Å²) in [5.41, 5.74) is 0.564. The number of likely N-dealkylation sites (tertiary alicyclic amines) is 1. The number of carbonyl (C=O) groups excluding carboxylic acids is 1. The highest BCUT2D eigenvalue weighted by Crippen LogP contribution is 2.24. The molecule has 0 spiro atoms. The number of anilines is 1. The lowest BCUT2D eigenvalue weighted by atomic mass is 9.98. The van der Waals surface area contributed by atoms with Gasteiger partial charge in [0.15, 0.2) is 11.6 Å². The number of carbonyl (C=O) groups is 1. The number of nitrogens with one attached hydrogen (secondary N) is 1. The lowest BCUT2D eigenvalue weighted by Gasteiger charge is -2.33. The van der Waals surface area contributed by atoms with Crippen molar-refractivity contribution in [2.24, 2.45) is 5.92 Å². The summed E-state index contributed by atoms with van der Waals surface area (Å²) in [7, 11) is 0. The molecule has 0 aliphatic carbocycles. The van der Waals surface area contributed by atoms with Crippen molar-refractivity contribution in [1.29, 1.82) is 0 Å². The second-order valence-electron chi connectivity index (χ2n) is 7.80. The largest absolute Gasteiger partial charge is 0.493 e. The summed E-state index contributed by atoms with van der Waals surface area (Å²) < 4.78 is 37.7. The van der Waals surface area contributed by atoms with Crippen LogP contribution in [-0.2, 0) is 4.79 Å². The zero-order valence-corrected chi connectivity index (χ0v) is 17.5. The van der Waals surface area contributed by atoms with Gasteiger partial charge in [-0.25, -0.2) is 8.78 Å². The van der Waals surface area contributed by atoms with E-state index in [0.717, 1.165) is 38.1 Å². The average molecular weight is 434 g/mol. The molecule has 1 fully saturated rings. The fraction of sp³-hybridized carbons (Fsp3) is 0.435. The predicted octanol–water partition coefficient (Wildman–Crippen LogP) is 3.45. The van der Waals surface area contributed by atoms with Gasteiger partial charge in [0, 0.05) is 32.0 Å². The Labute approximate surface area is 180 Å². The molecule has 8 heteroatoms. The molecule has 2 unspecified atom stereocenters. The van der Waals surface area contributed by atoms with Crippen LogP contribution in [0.3, 0.4) is 0 Å². The lowest BCUT2D eigenvalue weighted by molar-refractivity contribution is -0.114. The number of hydrogen-bond donors (Lipinski definition) is 2. The Balaban J connectivity index is 1.44. The van der Waals surface area contributed by atoms with Crippen LogP contribution in [0.4, 0.5) is 14.5 Å². The molecule has 1 aliphatic rings. The Hall–Kier alpha value is -2.71. The second-order valence-corrected chi connectivity index (χ2v) is 7.80. The van der Waals surface area contributed by atoms with Gasteiger partial charge >= 0.3 is 0 Å². The number of benzene rings is 2. The first-order valence-electron chi connectivity index (χ1n) is 10.4. The maximum atomic E-state index is 13.3. The summed E-state index contributed by atoms with van der Waals surface area (Å²) in [6.45, 7) is 3.98. The van der Waals surface area contributed by atoms with Crippen LogP contribution in [0, 0.1) is 17.6 Å². The van der Waals surface area contributed by atoms with Crippen molar-refractivity contribution < 1.29 is 28.2 Å². The molecule has 0 aromatic heterocycles. The summed E-state index contributed by atoms with van der Waals surface area (Å²) in [6.07, 6.45) is 1.23. The van der Waals surface area contributed by atoms with E-state index in [4.69, 9.17) is 9.47 Å². The van der Waals surface area contributed by atoms with Crippen molar-refractivity contribution in [3.8, 4) is 11.5 Å². The first-order valence-corrected chi connectivity index (χ1v) is 10.4. The van der Waals surface area contributed by atoms with Gasteiger partial charge in [-0.2, -0.15) is 0 Å². The van der Waals surface area contributed by atoms with Crippen LogP contribution in [0.15, 0.2) is 42.5 Å². The summed E-state index contributed by atoms with van der Waals surface area (Å²) >= 11 is 0. The Morgan fingerprint density at radius 1 is 1.23 bits per heavy atom. The Kier molecular flexibility index (Phi) is 8.20. The van der Waals surface area contributed by atoms with Crippen molar-refractivity contribution in [2.75, 3.05) is 38.2 Å². The highest BCUT2D eigenvalue weighted by Gasteiger charge is 2.23. The van der Waals surface area contributed by atoms with Gasteiger partial charge in [0.2, 0.25) is 5.91 Å². The van der Waals surface area contributed by atoms with E-state index in [1.807, 2.05) is 0 Å². The summed E-state index contributed by atoms with van der Waals surface area (Å²) in [6, 6.07) is 10.6. The number of piperidine rings is 1. The normalized spacial score (nSPS) is 17.7. The van der Waals surface area contributed by atoms with Crippen LogP contribution < -0.4 is 14.8 Å². The molecule has 2 aromatic rings. The topological polar surface area (TPSA) is 71.0 Å². The quantitative estimate of drug-likeness (QED) is 0.633. The molecule has 2 N–H and O–H groups in total. The molecule has 2 aromatic carbocycles. The molecule has 1 amide bonds. The Morgan fingerprint density at radius 2 is 2.03 bits per heavy atom. The summed E-state index contributed by atoms with van der Waals surface area (Å²) in [5, 5.41) is 13.1. The first-order chi connectivity index (χ1) is 14.9. The van der Waals surface area contributed by atoms with Crippen molar-refractivity contribution in [3.05, 3.63) is 54.1 Å². The van der Waals surface area contributed by atoms with E-state index in [1.54, 1.807) is 24.3 Å². The van der Waals surface area contributed by atoms with Crippen molar-refractivity contribution in [2.45, 2.75) is 25.9 Å². The van der Waals surface area contributed by atoms with Gasteiger partial charge in [-0.3, -0.25) is 4.79 Å². The van der Waals surface area contributed by atoms with Crippen LogP contribution in [0.5, 0.6) is 11.5 Å². The van der Waals surface area contributed by atoms with Gasteiger partial charge in [0.25, 0.3) is 0 Å². The average Bonchev–Trinajstić information content (AvgIpc) is 2.74. The monoisotopic (exact) mass is 434 g/mol. The molecule has 6 nitrogen and oxygen atoms in total. The lowest BCUT2D eigenvalue weighted by Crippen LogP contribution is -2.43. The van der Waals surface area contributed by atoms with Gasteiger partial charge in [0.1, 0.15) is 24.2 Å². The fourth-order valence-corrected chi connectivity index (χ4v) is 3.66. The van der Waals surface area contributed by atoms with E-state index in [-0.39, 0.29) is 18.4 Å². The molecule has 3 rings (SSSR count). The number of halogens is 2.